The van der Waals surface area contributed by atoms with Crippen LogP contribution in [-0.2, 0) is 17.6 Å². The van der Waals surface area contributed by atoms with Crippen molar-refractivity contribution in [3.05, 3.63) is 82.5 Å². The van der Waals surface area contributed by atoms with Crippen molar-refractivity contribution in [3.8, 4) is 11.5 Å². The minimum absolute atomic E-state index is 0.0151. The number of amides is 3. The SMILES string of the molecule is CC(C)(C)OC(=O)NC/C(=C\F)COc1ccc2c(c1)CCNC2=O.CC/C(=C\F)COc1ccc2c(c1)CCN(C(C)C)C2=O. The Morgan fingerprint density at radius 3 is 2.11 bits per heavy atom. The summed E-state index contributed by atoms with van der Waals surface area (Å²) in [6, 6.07) is 10.8. The van der Waals surface area contributed by atoms with Gasteiger partial charge in [-0.3, -0.25) is 9.59 Å². The van der Waals surface area contributed by atoms with Gasteiger partial charge in [-0.15, -0.1) is 0 Å². The molecule has 3 amide bonds. The molecule has 0 fully saturated rings. The maximum atomic E-state index is 13.0. The van der Waals surface area contributed by atoms with Gasteiger partial charge >= 0.3 is 6.09 Å². The van der Waals surface area contributed by atoms with E-state index in [1.165, 1.54) is 0 Å². The highest BCUT2D eigenvalue weighted by molar-refractivity contribution is 5.97. The lowest BCUT2D eigenvalue weighted by atomic mass is 9.98. The minimum atomic E-state index is -0.619. The van der Waals surface area contributed by atoms with E-state index in [2.05, 4.69) is 10.6 Å². The van der Waals surface area contributed by atoms with Crippen LogP contribution in [0.25, 0.3) is 0 Å². The smallest absolute Gasteiger partial charge is 0.407 e. The topological polar surface area (TPSA) is 106 Å². The van der Waals surface area contributed by atoms with E-state index in [1.54, 1.807) is 45.0 Å². The number of halogens is 2. The van der Waals surface area contributed by atoms with Gasteiger partial charge in [-0.05, 0) is 107 Å². The van der Waals surface area contributed by atoms with Crippen LogP contribution in [0.5, 0.6) is 11.5 Å². The molecule has 2 N–H and O–H groups in total. The molecule has 0 aromatic heterocycles. The Bertz CT molecular complexity index is 1450. The molecule has 4 rings (SSSR count). The number of benzene rings is 2. The first-order valence-corrected chi connectivity index (χ1v) is 15.5. The first-order chi connectivity index (χ1) is 21.8. The minimum Gasteiger partial charge on any atom is -0.489 e. The van der Waals surface area contributed by atoms with E-state index >= 15 is 0 Å². The number of carbonyl (C=O) groups excluding carboxylic acids is 3. The van der Waals surface area contributed by atoms with Gasteiger partial charge in [-0.1, -0.05) is 6.92 Å². The van der Waals surface area contributed by atoms with Crippen LogP contribution in [0.3, 0.4) is 0 Å². The predicted molar refractivity (Wildman–Crippen MR) is 173 cm³/mol. The average Bonchev–Trinajstić information content (AvgIpc) is 3.01. The summed E-state index contributed by atoms with van der Waals surface area (Å²) in [6.07, 6.45) is 2.57. The number of alkyl carbamates (subject to hydrolysis) is 1. The maximum Gasteiger partial charge on any atom is 0.407 e. The molecule has 0 aliphatic carbocycles. The Balaban J connectivity index is 0.000000254. The molecule has 250 valence electrons. The lowest BCUT2D eigenvalue weighted by molar-refractivity contribution is 0.0531. The Hall–Kier alpha value is -4.41. The molecule has 2 aliphatic heterocycles. The molecule has 2 aliphatic rings. The third kappa shape index (κ3) is 10.6. The fourth-order valence-electron chi connectivity index (χ4n) is 4.74. The van der Waals surface area contributed by atoms with E-state index in [4.69, 9.17) is 14.2 Å². The van der Waals surface area contributed by atoms with Gasteiger partial charge in [0.25, 0.3) is 11.8 Å². The van der Waals surface area contributed by atoms with Crippen molar-refractivity contribution < 1.29 is 37.4 Å². The van der Waals surface area contributed by atoms with Crippen molar-refractivity contribution in [2.75, 3.05) is 32.8 Å². The normalized spacial score (nSPS) is 14.8. The summed E-state index contributed by atoms with van der Waals surface area (Å²) < 4.78 is 41.7. The zero-order chi connectivity index (χ0) is 33.9. The van der Waals surface area contributed by atoms with E-state index in [0.717, 1.165) is 36.1 Å². The molecule has 0 bridgehead atoms. The van der Waals surface area contributed by atoms with E-state index in [1.807, 2.05) is 37.8 Å². The molecule has 2 aromatic carbocycles. The van der Waals surface area contributed by atoms with Gasteiger partial charge < -0.3 is 29.7 Å². The highest BCUT2D eigenvalue weighted by atomic mass is 19.1. The number of nitrogens with one attached hydrogen (secondary N) is 2. The molecule has 0 saturated carbocycles. The van der Waals surface area contributed by atoms with E-state index in [9.17, 15) is 23.2 Å². The number of rotatable bonds is 10. The highest BCUT2D eigenvalue weighted by Crippen LogP contribution is 2.25. The Kier molecular flexibility index (Phi) is 13.1. The first kappa shape index (κ1) is 36.1. The van der Waals surface area contributed by atoms with Crippen LogP contribution in [0.2, 0.25) is 0 Å². The molecular weight excluding hydrogens is 596 g/mol. The van der Waals surface area contributed by atoms with Crippen molar-refractivity contribution in [2.24, 2.45) is 0 Å². The van der Waals surface area contributed by atoms with Gasteiger partial charge in [0, 0.05) is 42.4 Å². The molecule has 2 aromatic rings. The quantitative estimate of drug-likeness (QED) is 0.308. The van der Waals surface area contributed by atoms with Crippen LogP contribution >= 0.6 is 0 Å². The Labute approximate surface area is 270 Å². The van der Waals surface area contributed by atoms with Crippen LogP contribution in [0.4, 0.5) is 13.6 Å². The first-order valence-electron chi connectivity index (χ1n) is 15.5. The molecule has 0 unspecified atom stereocenters. The van der Waals surface area contributed by atoms with Gasteiger partial charge in [0.15, 0.2) is 0 Å². The number of nitrogens with zero attached hydrogens (tertiary/aromatic N) is 1. The molecule has 2 heterocycles. The summed E-state index contributed by atoms with van der Waals surface area (Å²) in [5.41, 5.74) is 3.56. The van der Waals surface area contributed by atoms with Crippen molar-refractivity contribution in [1.82, 2.24) is 15.5 Å². The van der Waals surface area contributed by atoms with Gasteiger partial charge in [0.2, 0.25) is 0 Å². The summed E-state index contributed by atoms with van der Waals surface area (Å²) in [5, 5.41) is 5.25. The molecule has 0 radical (unpaired) electrons. The number of fused-ring (bicyclic) bond motifs is 2. The summed E-state index contributed by atoms with van der Waals surface area (Å²) in [4.78, 5) is 37.5. The van der Waals surface area contributed by atoms with E-state index in [-0.39, 0.29) is 43.2 Å². The molecule has 9 nitrogen and oxygen atoms in total. The highest BCUT2D eigenvalue weighted by Gasteiger charge is 2.26. The Morgan fingerprint density at radius 2 is 1.54 bits per heavy atom. The summed E-state index contributed by atoms with van der Waals surface area (Å²) in [7, 11) is 0. The standard InChI is InChI=1S/C18H23FN2O4.C17H22FNO2/c1-18(2,3)25-17(23)21-10-12(9-19)11-24-14-4-5-15-13(8-14)6-7-20-16(15)22;1-4-13(10-18)11-21-15-5-6-16-14(9-15)7-8-19(12(2)3)17(16)20/h4-5,8-9H,6-7,10-11H2,1-3H3,(H,20,22)(H,21,23);5-6,9-10,12H,4,7-8,11H2,1-3H3/b12-9+;13-10+. The van der Waals surface area contributed by atoms with E-state index in [0.29, 0.717) is 48.3 Å². The van der Waals surface area contributed by atoms with Gasteiger partial charge in [0.1, 0.15) is 30.3 Å². The molecule has 0 spiro atoms. The molecule has 46 heavy (non-hydrogen) atoms. The van der Waals surface area contributed by atoms with Crippen molar-refractivity contribution in [1.29, 1.82) is 0 Å². The summed E-state index contributed by atoms with van der Waals surface area (Å²) in [6.45, 7) is 12.7. The second-order valence-electron chi connectivity index (χ2n) is 12.3. The third-order valence-electron chi connectivity index (χ3n) is 7.28. The number of hydrogen-bond donors (Lipinski definition) is 2. The van der Waals surface area contributed by atoms with Crippen molar-refractivity contribution >= 4 is 17.9 Å². The van der Waals surface area contributed by atoms with Crippen molar-refractivity contribution in [2.45, 2.75) is 72.4 Å². The molecule has 0 atom stereocenters. The number of carbonyl (C=O) groups is 3. The van der Waals surface area contributed by atoms with E-state index < -0.39 is 11.7 Å². The predicted octanol–water partition coefficient (Wildman–Crippen LogP) is 6.46. The maximum absolute atomic E-state index is 13.0. The Morgan fingerprint density at radius 1 is 0.957 bits per heavy atom. The lowest BCUT2D eigenvalue weighted by Crippen LogP contribution is -2.42. The van der Waals surface area contributed by atoms with Crippen LogP contribution in [-0.4, -0.2) is 67.3 Å². The number of ether oxygens (including phenoxy) is 3. The largest absolute Gasteiger partial charge is 0.489 e. The average molecular weight is 642 g/mol. The summed E-state index contributed by atoms with van der Waals surface area (Å²) >= 11 is 0. The second kappa shape index (κ2) is 16.8. The van der Waals surface area contributed by atoms with Gasteiger partial charge in [-0.2, -0.15) is 0 Å². The van der Waals surface area contributed by atoms with Gasteiger partial charge in [-0.25, -0.2) is 13.6 Å². The van der Waals surface area contributed by atoms with Crippen LogP contribution in [0.1, 0.15) is 79.8 Å². The fraction of sp³-hybridized carbons (Fsp3) is 0.457. The second-order valence-corrected chi connectivity index (χ2v) is 12.3. The zero-order valence-electron chi connectivity index (χ0n) is 27.5. The lowest BCUT2D eigenvalue weighted by Gasteiger charge is -2.32. The van der Waals surface area contributed by atoms with Crippen LogP contribution in [0, 0.1) is 0 Å². The van der Waals surface area contributed by atoms with Crippen LogP contribution < -0.4 is 20.1 Å². The molecule has 11 heteroatoms. The monoisotopic (exact) mass is 641 g/mol. The molecular formula is C35H45F2N3O6. The molecule has 0 saturated heterocycles. The zero-order valence-corrected chi connectivity index (χ0v) is 27.5. The van der Waals surface area contributed by atoms with Gasteiger partial charge in [0.05, 0.1) is 12.7 Å². The van der Waals surface area contributed by atoms with Crippen molar-refractivity contribution in [3.63, 3.8) is 0 Å². The third-order valence-corrected chi connectivity index (χ3v) is 7.28. The fourth-order valence-corrected chi connectivity index (χ4v) is 4.74. The summed E-state index contributed by atoms with van der Waals surface area (Å²) in [5.74, 6) is 1.21. The van der Waals surface area contributed by atoms with Crippen LogP contribution in [0.15, 0.2) is 60.2 Å². The number of hydrogen-bond acceptors (Lipinski definition) is 6.